The van der Waals surface area contributed by atoms with Gasteiger partial charge in [-0.05, 0) is 25.5 Å². The number of carbonyl (C=O) groups excluding carboxylic acids is 1. The van der Waals surface area contributed by atoms with Crippen LogP contribution in [0.1, 0.15) is 26.3 Å². The van der Waals surface area contributed by atoms with Crippen LogP contribution in [-0.4, -0.2) is 18.9 Å². The highest BCUT2D eigenvalue weighted by atomic mass is 16.1. The van der Waals surface area contributed by atoms with Gasteiger partial charge in [-0.3, -0.25) is 4.79 Å². The third-order valence-corrected chi connectivity index (χ3v) is 2.83. The topological polar surface area (TPSA) is 20.3 Å². The van der Waals surface area contributed by atoms with E-state index in [-0.39, 0.29) is 5.92 Å². The summed E-state index contributed by atoms with van der Waals surface area (Å²) in [5.41, 5.74) is 2.39. The zero-order chi connectivity index (χ0) is 12.1. The SMILES string of the molecule is CCN(CC(=O)C(C)C)c1ccccc1C. The Morgan fingerprint density at radius 2 is 1.94 bits per heavy atom. The molecule has 0 heterocycles. The zero-order valence-corrected chi connectivity index (χ0v) is 10.7. The number of likely N-dealkylation sites (N-methyl/N-ethyl adjacent to an activating group) is 1. The number of ketones is 1. The first-order valence-electron chi connectivity index (χ1n) is 5.89. The molecule has 0 spiro atoms. The highest BCUT2D eigenvalue weighted by molar-refractivity contribution is 5.85. The van der Waals surface area contributed by atoms with Crippen LogP contribution in [0.15, 0.2) is 24.3 Å². The summed E-state index contributed by atoms with van der Waals surface area (Å²) in [5.74, 6) is 0.406. The molecule has 0 aliphatic heterocycles. The van der Waals surface area contributed by atoms with Crippen LogP contribution >= 0.6 is 0 Å². The first-order valence-corrected chi connectivity index (χ1v) is 5.89. The van der Waals surface area contributed by atoms with E-state index in [9.17, 15) is 4.79 Å². The molecule has 0 N–H and O–H groups in total. The van der Waals surface area contributed by atoms with Gasteiger partial charge in [0.05, 0.1) is 6.54 Å². The lowest BCUT2D eigenvalue weighted by Crippen LogP contribution is -2.32. The van der Waals surface area contributed by atoms with Crippen molar-refractivity contribution in [3.05, 3.63) is 29.8 Å². The molecular weight excluding hydrogens is 198 g/mol. The van der Waals surface area contributed by atoms with Gasteiger partial charge in [0, 0.05) is 18.2 Å². The van der Waals surface area contributed by atoms with Gasteiger partial charge in [-0.25, -0.2) is 0 Å². The van der Waals surface area contributed by atoms with Crippen LogP contribution in [0.3, 0.4) is 0 Å². The molecule has 0 aliphatic carbocycles. The van der Waals surface area contributed by atoms with Crippen molar-refractivity contribution in [3.8, 4) is 0 Å². The minimum absolute atomic E-state index is 0.109. The van der Waals surface area contributed by atoms with Crippen LogP contribution in [0.25, 0.3) is 0 Å². The summed E-state index contributed by atoms with van der Waals surface area (Å²) in [5, 5.41) is 0. The number of carbonyl (C=O) groups is 1. The summed E-state index contributed by atoms with van der Waals surface area (Å²) in [4.78, 5) is 13.9. The predicted octanol–water partition coefficient (Wildman–Crippen LogP) is 3.05. The van der Waals surface area contributed by atoms with E-state index in [1.54, 1.807) is 0 Å². The maximum absolute atomic E-state index is 11.8. The van der Waals surface area contributed by atoms with Crippen molar-refractivity contribution < 1.29 is 4.79 Å². The van der Waals surface area contributed by atoms with Crippen LogP contribution in [0.5, 0.6) is 0 Å². The minimum Gasteiger partial charge on any atom is -0.364 e. The van der Waals surface area contributed by atoms with Crippen molar-refractivity contribution in [2.75, 3.05) is 18.0 Å². The Bertz CT molecular complexity index is 358. The number of benzene rings is 1. The summed E-state index contributed by atoms with van der Waals surface area (Å²) in [7, 11) is 0. The first-order chi connectivity index (χ1) is 7.56. The van der Waals surface area contributed by atoms with Gasteiger partial charge >= 0.3 is 0 Å². The van der Waals surface area contributed by atoms with Crippen molar-refractivity contribution in [1.82, 2.24) is 0 Å². The van der Waals surface area contributed by atoms with Gasteiger partial charge in [-0.15, -0.1) is 0 Å². The Morgan fingerprint density at radius 1 is 1.31 bits per heavy atom. The van der Waals surface area contributed by atoms with Gasteiger partial charge < -0.3 is 4.90 Å². The van der Waals surface area contributed by atoms with Crippen molar-refractivity contribution in [2.45, 2.75) is 27.7 Å². The van der Waals surface area contributed by atoms with Gasteiger partial charge in [0.1, 0.15) is 0 Å². The van der Waals surface area contributed by atoms with Gasteiger partial charge in [-0.2, -0.15) is 0 Å². The Labute approximate surface area is 98.3 Å². The number of nitrogens with zero attached hydrogens (tertiary/aromatic N) is 1. The molecule has 88 valence electrons. The summed E-state index contributed by atoms with van der Waals surface area (Å²) in [6.45, 7) is 9.45. The van der Waals surface area contributed by atoms with Gasteiger partial charge in [-0.1, -0.05) is 32.0 Å². The fourth-order valence-corrected chi connectivity index (χ4v) is 1.66. The van der Waals surface area contributed by atoms with E-state index in [1.807, 2.05) is 26.0 Å². The lowest BCUT2D eigenvalue weighted by atomic mass is 10.1. The largest absolute Gasteiger partial charge is 0.364 e. The number of aryl methyl sites for hydroxylation is 1. The number of para-hydroxylation sites is 1. The average Bonchev–Trinajstić information content (AvgIpc) is 2.26. The number of hydrogen-bond acceptors (Lipinski definition) is 2. The molecule has 0 radical (unpaired) electrons. The maximum Gasteiger partial charge on any atom is 0.154 e. The molecule has 0 amide bonds. The molecule has 0 saturated heterocycles. The van der Waals surface area contributed by atoms with Crippen LogP contribution in [0, 0.1) is 12.8 Å². The lowest BCUT2D eigenvalue weighted by Gasteiger charge is -2.24. The van der Waals surface area contributed by atoms with E-state index in [0.29, 0.717) is 12.3 Å². The quantitative estimate of drug-likeness (QED) is 0.758. The Balaban J connectivity index is 2.83. The first kappa shape index (κ1) is 12.8. The van der Waals surface area contributed by atoms with Crippen molar-refractivity contribution in [2.24, 2.45) is 5.92 Å². The highest BCUT2D eigenvalue weighted by Gasteiger charge is 2.13. The molecule has 1 aromatic rings. The molecule has 0 bridgehead atoms. The van der Waals surface area contributed by atoms with E-state index in [0.717, 1.165) is 6.54 Å². The van der Waals surface area contributed by atoms with E-state index >= 15 is 0 Å². The smallest absolute Gasteiger partial charge is 0.154 e. The molecular formula is C14H21NO. The maximum atomic E-state index is 11.8. The summed E-state index contributed by atoms with van der Waals surface area (Å²) >= 11 is 0. The standard InChI is InChI=1S/C14H21NO/c1-5-15(10-14(16)11(2)3)13-9-7-6-8-12(13)4/h6-9,11H,5,10H2,1-4H3. The number of anilines is 1. The number of Topliss-reactive ketones (excluding diaryl/α,β-unsaturated/α-hetero) is 1. The Morgan fingerprint density at radius 3 is 2.44 bits per heavy atom. The van der Waals surface area contributed by atoms with E-state index in [4.69, 9.17) is 0 Å². The second-order valence-corrected chi connectivity index (χ2v) is 4.42. The molecule has 1 aromatic carbocycles. The molecule has 0 saturated carbocycles. The van der Waals surface area contributed by atoms with Crippen LogP contribution < -0.4 is 4.90 Å². The molecule has 0 atom stereocenters. The van der Waals surface area contributed by atoms with Gasteiger partial charge in [0.25, 0.3) is 0 Å². The monoisotopic (exact) mass is 219 g/mol. The number of hydrogen-bond donors (Lipinski definition) is 0. The Hall–Kier alpha value is -1.31. The third kappa shape index (κ3) is 3.09. The highest BCUT2D eigenvalue weighted by Crippen LogP contribution is 2.19. The normalized spacial score (nSPS) is 10.6. The molecule has 0 aliphatic rings. The summed E-state index contributed by atoms with van der Waals surface area (Å²) in [6, 6.07) is 8.20. The molecule has 2 nitrogen and oxygen atoms in total. The van der Waals surface area contributed by atoms with Gasteiger partial charge in [0.15, 0.2) is 5.78 Å². The molecule has 1 rings (SSSR count). The van der Waals surface area contributed by atoms with Crippen molar-refractivity contribution in [1.29, 1.82) is 0 Å². The summed E-state index contributed by atoms with van der Waals surface area (Å²) < 4.78 is 0. The zero-order valence-electron chi connectivity index (χ0n) is 10.7. The lowest BCUT2D eigenvalue weighted by molar-refractivity contribution is -0.120. The van der Waals surface area contributed by atoms with Crippen molar-refractivity contribution in [3.63, 3.8) is 0 Å². The van der Waals surface area contributed by atoms with E-state index < -0.39 is 0 Å². The number of rotatable bonds is 5. The molecule has 0 unspecified atom stereocenters. The molecule has 0 fully saturated rings. The molecule has 0 aromatic heterocycles. The fraction of sp³-hybridized carbons (Fsp3) is 0.500. The van der Waals surface area contributed by atoms with Gasteiger partial charge in [0.2, 0.25) is 0 Å². The average molecular weight is 219 g/mol. The summed E-state index contributed by atoms with van der Waals surface area (Å²) in [6.07, 6.45) is 0. The fourth-order valence-electron chi connectivity index (χ4n) is 1.66. The van der Waals surface area contributed by atoms with Crippen LogP contribution in [-0.2, 0) is 4.79 Å². The third-order valence-electron chi connectivity index (χ3n) is 2.83. The predicted molar refractivity (Wildman–Crippen MR) is 68.9 cm³/mol. The van der Waals surface area contributed by atoms with E-state index in [2.05, 4.69) is 30.9 Å². The van der Waals surface area contributed by atoms with Crippen molar-refractivity contribution >= 4 is 11.5 Å². The second-order valence-electron chi connectivity index (χ2n) is 4.42. The molecule has 16 heavy (non-hydrogen) atoms. The van der Waals surface area contributed by atoms with Crippen LogP contribution in [0.2, 0.25) is 0 Å². The van der Waals surface area contributed by atoms with Crippen LogP contribution in [0.4, 0.5) is 5.69 Å². The Kier molecular flexibility index (Phi) is 4.53. The minimum atomic E-state index is 0.109. The molecule has 2 heteroatoms. The van der Waals surface area contributed by atoms with E-state index in [1.165, 1.54) is 11.3 Å². The second kappa shape index (κ2) is 5.69.